The van der Waals surface area contributed by atoms with E-state index in [4.69, 9.17) is 11.6 Å². The Labute approximate surface area is 208 Å². The lowest BCUT2D eigenvalue weighted by Gasteiger charge is -2.37. The molecule has 0 bridgehead atoms. The van der Waals surface area contributed by atoms with Crippen molar-refractivity contribution in [3.05, 3.63) is 45.6 Å². The Balaban J connectivity index is 1.69. The first-order valence-electron chi connectivity index (χ1n) is 11.1. The number of nitrogens with zero attached hydrogens (tertiary/aromatic N) is 5. The summed E-state index contributed by atoms with van der Waals surface area (Å²) in [6.07, 6.45) is -1.50. The molecule has 0 spiro atoms. The van der Waals surface area contributed by atoms with Crippen molar-refractivity contribution in [2.24, 2.45) is 0 Å². The van der Waals surface area contributed by atoms with Gasteiger partial charge in [-0.25, -0.2) is 14.8 Å². The van der Waals surface area contributed by atoms with Crippen LogP contribution in [0.15, 0.2) is 34.2 Å². The Morgan fingerprint density at radius 1 is 1.17 bits per heavy atom. The van der Waals surface area contributed by atoms with Crippen LogP contribution in [-0.4, -0.2) is 56.5 Å². The summed E-state index contributed by atoms with van der Waals surface area (Å²) in [6, 6.07) is 2.53. The fourth-order valence-corrected chi connectivity index (χ4v) is 6.28. The minimum absolute atomic E-state index is 0.0800. The van der Waals surface area contributed by atoms with Crippen LogP contribution in [0.2, 0.25) is 5.02 Å². The van der Waals surface area contributed by atoms with Crippen LogP contribution in [0.25, 0.3) is 10.9 Å². The molecule has 5 rings (SSSR count). The number of aromatic nitrogens is 4. The van der Waals surface area contributed by atoms with E-state index in [-0.39, 0.29) is 40.8 Å². The van der Waals surface area contributed by atoms with Gasteiger partial charge in [0.25, 0.3) is 0 Å². The van der Waals surface area contributed by atoms with Crippen LogP contribution >= 0.6 is 23.4 Å². The molecule has 4 heterocycles. The molecule has 2 aromatic heterocycles. The first-order valence-corrected chi connectivity index (χ1v) is 12.5. The van der Waals surface area contributed by atoms with Crippen molar-refractivity contribution in [2.45, 2.75) is 49.6 Å². The van der Waals surface area contributed by atoms with Gasteiger partial charge in [0.1, 0.15) is 5.82 Å². The molecule has 0 aliphatic carbocycles. The Hall–Kier alpha value is -2.57. The quantitative estimate of drug-likeness (QED) is 0.536. The average Bonchev–Trinajstić information content (AvgIpc) is 2.98. The van der Waals surface area contributed by atoms with Gasteiger partial charge in [0.05, 0.1) is 27.0 Å². The van der Waals surface area contributed by atoms with Crippen molar-refractivity contribution in [1.82, 2.24) is 24.8 Å². The average molecular weight is 526 g/mol. The SMILES string of the molecule is C[C@@H]1CN(c2nc(=O)n3c4c(c(Cl)c(C(F)(F)F)cc24)SCC(Nc2ncccn2)C3)C[C@H](C)N1. The van der Waals surface area contributed by atoms with Gasteiger partial charge in [-0.15, -0.1) is 11.8 Å². The summed E-state index contributed by atoms with van der Waals surface area (Å²) < 4.78 is 43.5. The second kappa shape index (κ2) is 9.14. The molecule has 3 atom stereocenters. The van der Waals surface area contributed by atoms with E-state index in [0.717, 1.165) is 6.07 Å². The van der Waals surface area contributed by atoms with E-state index < -0.39 is 22.5 Å². The molecule has 1 fully saturated rings. The first kappa shape index (κ1) is 24.1. The van der Waals surface area contributed by atoms with Crippen LogP contribution in [-0.2, 0) is 12.7 Å². The molecule has 13 heteroatoms. The van der Waals surface area contributed by atoms with Crippen molar-refractivity contribution < 1.29 is 13.2 Å². The zero-order chi connectivity index (χ0) is 24.9. The number of hydrogen-bond donors (Lipinski definition) is 2. The largest absolute Gasteiger partial charge is 0.417 e. The predicted octanol–water partition coefficient (Wildman–Crippen LogP) is 3.63. The number of benzene rings is 1. The van der Waals surface area contributed by atoms with E-state index in [0.29, 0.717) is 30.3 Å². The highest BCUT2D eigenvalue weighted by atomic mass is 35.5. The van der Waals surface area contributed by atoms with E-state index in [2.05, 4.69) is 25.6 Å². The smallest absolute Gasteiger partial charge is 0.353 e. The van der Waals surface area contributed by atoms with Crippen LogP contribution in [0.3, 0.4) is 0 Å². The number of halogens is 4. The van der Waals surface area contributed by atoms with Crippen molar-refractivity contribution in [1.29, 1.82) is 0 Å². The van der Waals surface area contributed by atoms with Crippen LogP contribution in [0.4, 0.5) is 24.9 Å². The molecule has 35 heavy (non-hydrogen) atoms. The van der Waals surface area contributed by atoms with Gasteiger partial charge in [-0.2, -0.15) is 18.2 Å². The second-order valence-electron chi connectivity index (χ2n) is 8.89. The minimum Gasteiger partial charge on any atom is -0.353 e. The maximum Gasteiger partial charge on any atom is 0.417 e. The van der Waals surface area contributed by atoms with Crippen LogP contribution in [0, 0.1) is 0 Å². The fraction of sp³-hybridized carbons (Fsp3) is 0.455. The first-order chi connectivity index (χ1) is 16.6. The van der Waals surface area contributed by atoms with E-state index in [1.807, 2.05) is 18.7 Å². The third kappa shape index (κ3) is 4.66. The standard InChI is InChI=1S/C22H23ClF3N7OS/c1-11-7-32(8-12(2)29-11)19-14-6-15(22(24,25)26)16(23)18-17(14)33(21(34)31-19)9-13(10-35-18)30-20-27-4-3-5-28-20/h3-6,11-13,29H,7-10H2,1-2H3,(H,27,28,30)/t11-,12+,13?. The lowest BCUT2D eigenvalue weighted by Crippen LogP contribution is -2.55. The van der Waals surface area contributed by atoms with Gasteiger partial charge >= 0.3 is 11.9 Å². The Kier molecular flexibility index (Phi) is 6.30. The molecule has 3 aromatic rings. The summed E-state index contributed by atoms with van der Waals surface area (Å²) in [5, 5.41) is 6.42. The summed E-state index contributed by atoms with van der Waals surface area (Å²) >= 11 is 7.53. The molecule has 186 valence electrons. The van der Waals surface area contributed by atoms with Crippen molar-refractivity contribution in [3.63, 3.8) is 0 Å². The molecule has 2 N–H and O–H groups in total. The lowest BCUT2D eigenvalue weighted by molar-refractivity contribution is -0.137. The number of piperazine rings is 1. The summed E-state index contributed by atoms with van der Waals surface area (Å²) in [4.78, 5) is 28.0. The van der Waals surface area contributed by atoms with E-state index >= 15 is 0 Å². The van der Waals surface area contributed by atoms with Crippen molar-refractivity contribution >= 4 is 46.0 Å². The molecular formula is C22H23ClF3N7OS. The number of alkyl halides is 3. The third-order valence-electron chi connectivity index (χ3n) is 6.03. The monoisotopic (exact) mass is 525 g/mol. The van der Waals surface area contributed by atoms with E-state index in [1.165, 1.54) is 16.3 Å². The number of thioether (sulfide) groups is 1. The van der Waals surface area contributed by atoms with Crippen LogP contribution in [0.5, 0.6) is 0 Å². The van der Waals surface area contributed by atoms with Gasteiger partial charge in [0, 0.05) is 55.3 Å². The summed E-state index contributed by atoms with van der Waals surface area (Å²) in [5.74, 6) is 0.971. The molecular weight excluding hydrogens is 503 g/mol. The van der Waals surface area contributed by atoms with Gasteiger partial charge in [-0.1, -0.05) is 11.6 Å². The summed E-state index contributed by atoms with van der Waals surface area (Å²) in [7, 11) is 0. The summed E-state index contributed by atoms with van der Waals surface area (Å²) in [6.45, 7) is 5.18. The molecule has 0 radical (unpaired) electrons. The normalized spacial score (nSPS) is 22.8. The fourth-order valence-electron chi connectivity index (χ4n) is 4.72. The van der Waals surface area contributed by atoms with Gasteiger partial charge in [-0.05, 0) is 26.0 Å². The molecule has 1 aromatic carbocycles. The maximum atomic E-state index is 14.0. The van der Waals surface area contributed by atoms with Gasteiger partial charge in [-0.3, -0.25) is 4.57 Å². The Bertz CT molecular complexity index is 1310. The maximum absolute atomic E-state index is 14.0. The van der Waals surface area contributed by atoms with Crippen molar-refractivity contribution in [3.8, 4) is 0 Å². The number of nitrogens with one attached hydrogen (secondary N) is 2. The molecule has 1 saturated heterocycles. The molecule has 0 saturated carbocycles. The molecule has 2 aliphatic rings. The highest BCUT2D eigenvalue weighted by Crippen LogP contribution is 2.46. The van der Waals surface area contributed by atoms with Gasteiger partial charge < -0.3 is 15.5 Å². The van der Waals surface area contributed by atoms with Crippen LogP contribution in [0.1, 0.15) is 19.4 Å². The van der Waals surface area contributed by atoms with E-state index in [9.17, 15) is 18.0 Å². The predicted molar refractivity (Wildman–Crippen MR) is 130 cm³/mol. The van der Waals surface area contributed by atoms with E-state index in [1.54, 1.807) is 18.5 Å². The third-order valence-corrected chi connectivity index (χ3v) is 7.79. The van der Waals surface area contributed by atoms with Crippen LogP contribution < -0.4 is 21.2 Å². The molecule has 2 aliphatic heterocycles. The molecule has 0 amide bonds. The summed E-state index contributed by atoms with van der Waals surface area (Å²) in [5.41, 5.74) is -1.09. The van der Waals surface area contributed by atoms with Gasteiger partial charge in [0.15, 0.2) is 0 Å². The lowest BCUT2D eigenvalue weighted by atomic mass is 10.1. The molecule has 8 nitrogen and oxygen atoms in total. The Morgan fingerprint density at radius 2 is 1.86 bits per heavy atom. The van der Waals surface area contributed by atoms with Gasteiger partial charge in [0.2, 0.25) is 5.95 Å². The van der Waals surface area contributed by atoms with Crippen molar-refractivity contribution in [2.75, 3.05) is 29.1 Å². The highest BCUT2D eigenvalue weighted by Gasteiger charge is 2.38. The topological polar surface area (TPSA) is 88.0 Å². The number of anilines is 2. The number of rotatable bonds is 3. The Morgan fingerprint density at radius 3 is 2.51 bits per heavy atom. The molecule has 1 unspecified atom stereocenters. The zero-order valence-electron chi connectivity index (χ0n) is 18.9. The zero-order valence-corrected chi connectivity index (χ0v) is 20.5. The second-order valence-corrected chi connectivity index (χ2v) is 10.3. The number of hydrogen-bond acceptors (Lipinski definition) is 8. The highest BCUT2D eigenvalue weighted by molar-refractivity contribution is 7.99. The minimum atomic E-state index is -4.66.